The van der Waals surface area contributed by atoms with Gasteiger partial charge in [0.15, 0.2) is 11.6 Å². The topological polar surface area (TPSA) is 85.6 Å². The number of benzene rings is 2. The third-order valence-electron chi connectivity index (χ3n) is 4.80. The lowest BCUT2D eigenvalue weighted by atomic mass is 10.1. The van der Waals surface area contributed by atoms with Crippen molar-refractivity contribution in [2.75, 3.05) is 0 Å². The van der Waals surface area contributed by atoms with Gasteiger partial charge in [-0.25, -0.2) is 14.5 Å². The summed E-state index contributed by atoms with van der Waals surface area (Å²) < 4.78 is 3.22. The second-order valence-corrected chi connectivity index (χ2v) is 7.12. The molecule has 146 valence electrons. The summed E-state index contributed by atoms with van der Waals surface area (Å²) >= 11 is 0. The number of aromatic nitrogens is 5. The monoisotopic (exact) mass is 387 g/mol. The lowest BCUT2D eigenvalue weighted by molar-refractivity contribution is 0.656. The number of nitrogens with zero attached hydrogens (tertiary/aromatic N) is 4. The third kappa shape index (κ3) is 3.67. The normalized spacial score (nSPS) is 11.0. The fraction of sp³-hybridized carbons (Fsp3) is 0.182. The zero-order valence-corrected chi connectivity index (χ0v) is 16.5. The predicted molar refractivity (Wildman–Crippen MR) is 111 cm³/mol. The second kappa shape index (κ2) is 7.35. The maximum Gasteiger partial charge on any atom is 0.328 e. The zero-order chi connectivity index (χ0) is 20.5. The van der Waals surface area contributed by atoms with Gasteiger partial charge < -0.3 is 0 Å². The van der Waals surface area contributed by atoms with Crippen LogP contribution in [0.25, 0.3) is 17.1 Å². The van der Waals surface area contributed by atoms with Crippen LogP contribution in [0.4, 0.5) is 0 Å². The van der Waals surface area contributed by atoms with Gasteiger partial charge in [-0.2, -0.15) is 0 Å². The minimum absolute atomic E-state index is 0.184. The first-order valence-electron chi connectivity index (χ1n) is 9.32. The molecular weight excluding hydrogens is 366 g/mol. The van der Waals surface area contributed by atoms with E-state index in [1.165, 1.54) is 4.57 Å². The molecule has 0 spiro atoms. The summed E-state index contributed by atoms with van der Waals surface area (Å²) in [6, 6.07) is 15.8. The van der Waals surface area contributed by atoms with Gasteiger partial charge in [0.2, 0.25) is 0 Å². The van der Waals surface area contributed by atoms with Crippen molar-refractivity contribution < 1.29 is 0 Å². The summed E-state index contributed by atoms with van der Waals surface area (Å²) in [5.74, 6) is 1.18. The van der Waals surface area contributed by atoms with E-state index in [9.17, 15) is 9.59 Å². The fourth-order valence-electron chi connectivity index (χ4n) is 3.19. The second-order valence-electron chi connectivity index (χ2n) is 7.12. The van der Waals surface area contributed by atoms with Gasteiger partial charge in [-0.1, -0.05) is 42.5 Å². The standard InChI is InChI=1S/C22H21N5O2/c1-14-9-10-15(2)18(11-14)27-19(13-26-12-16(3)21(28)24-22(26)29)23-20(25-27)17-7-5-4-6-8-17/h4-12H,13H2,1-3H3,(H,24,28,29). The maximum absolute atomic E-state index is 12.3. The highest BCUT2D eigenvalue weighted by atomic mass is 16.2. The molecule has 7 nitrogen and oxygen atoms in total. The highest BCUT2D eigenvalue weighted by molar-refractivity contribution is 5.55. The number of hydrogen-bond acceptors (Lipinski definition) is 4. The zero-order valence-electron chi connectivity index (χ0n) is 16.5. The number of hydrogen-bond donors (Lipinski definition) is 1. The van der Waals surface area contributed by atoms with Crippen LogP contribution < -0.4 is 11.2 Å². The van der Waals surface area contributed by atoms with Crippen molar-refractivity contribution in [3.8, 4) is 17.1 Å². The SMILES string of the molecule is Cc1ccc(C)c(-n2nc(-c3ccccc3)nc2Cn2cc(C)c(=O)[nH]c2=O)c1. The van der Waals surface area contributed by atoms with Crippen molar-refractivity contribution in [3.63, 3.8) is 0 Å². The molecule has 2 aromatic carbocycles. The molecule has 2 heterocycles. The Balaban J connectivity index is 1.89. The Morgan fingerprint density at radius 2 is 1.72 bits per heavy atom. The van der Waals surface area contributed by atoms with Crippen molar-refractivity contribution in [2.45, 2.75) is 27.3 Å². The molecule has 1 N–H and O–H groups in total. The molecule has 0 aliphatic heterocycles. The Kier molecular flexibility index (Phi) is 4.72. The van der Waals surface area contributed by atoms with Gasteiger partial charge in [0.1, 0.15) is 0 Å². The van der Waals surface area contributed by atoms with Gasteiger partial charge in [-0.15, -0.1) is 5.10 Å². The number of aromatic amines is 1. The summed E-state index contributed by atoms with van der Waals surface area (Å²) in [7, 11) is 0. The third-order valence-corrected chi connectivity index (χ3v) is 4.80. The minimum atomic E-state index is -0.475. The molecule has 7 heteroatoms. The highest BCUT2D eigenvalue weighted by Crippen LogP contribution is 2.21. The van der Waals surface area contributed by atoms with Crippen LogP contribution in [0.3, 0.4) is 0 Å². The molecule has 0 fully saturated rings. The molecule has 0 saturated carbocycles. The van der Waals surface area contributed by atoms with E-state index in [4.69, 9.17) is 10.1 Å². The Labute approximate surface area is 167 Å². The van der Waals surface area contributed by atoms with E-state index in [1.54, 1.807) is 17.8 Å². The molecule has 0 unspecified atom stereocenters. The number of aryl methyl sites for hydroxylation is 3. The van der Waals surface area contributed by atoms with E-state index in [1.807, 2.05) is 62.4 Å². The van der Waals surface area contributed by atoms with Gasteiger partial charge >= 0.3 is 5.69 Å². The van der Waals surface area contributed by atoms with Crippen molar-refractivity contribution in [3.05, 3.63) is 98.1 Å². The number of nitrogens with one attached hydrogen (secondary N) is 1. The molecule has 0 radical (unpaired) electrons. The van der Waals surface area contributed by atoms with Gasteiger partial charge in [0.25, 0.3) is 5.56 Å². The molecule has 4 rings (SSSR count). The van der Waals surface area contributed by atoms with Crippen molar-refractivity contribution in [1.29, 1.82) is 0 Å². The van der Waals surface area contributed by atoms with Crippen molar-refractivity contribution in [1.82, 2.24) is 24.3 Å². The van der Waals surface area contributed by atoms with Crippen molar-refractivity contribution >= 4 is 0 Å². The van der Waals surface area contributed by atoms with E-state index in [-0.39, 0.29) is 12.1 Å². The Morgan fingerprint density at radius 3 is 2.48 bits per heavy atom. The number of H-pyrrole nitrogens is 1. The van der Waals surface area contributed by atoms with Gasteiger partial charge in [0.05, 0.1) is 12.2 Å². The molecule has 0 amide bonds. The average Bonchev–Trinajstić information content (AvgIpc) is 3.12. The Bertz CT molecular complexity index is 1300. The van der Waals surface area contributed by atoms with E-state index in [0.717, 1.165) is 22.4 Å². The first-order valence-corrected chi connectivity index (χ1v) is 9.32. The summed E-state index contributed by atoms with van der Waals surface area (Å²) in [6.07, 6.45) is 1.55. The summed E-state index contributed by atoms with van der Waals surface area (Å²) in [6.45, 7) is 5.88. The van der Waals surface area contributed by atoms with Crippen LogP contribution in [0, 0.1) is 20.8 Å². The molecule has 2 aromatic heterocycles. The van der Waals surface area contributed by atoms with E-state index < -0.39 is 5.69 Å². The van der Waals surface area contributed by atoms with Crippen LogP contribution in [0.15, 0.2) is 64.3 Å². The van der Waals surface area contributed by atoms with Crippen LogP contribution in [0.2, 0.25) is 0 Å². The Morgan fingerprint density at radius 1 is 0.966 bits per heavy atom. The minimum Gasteiger partial charge on any atom is -0.293 e. The first-order chi connectivity index (χ1) is 13.9. The van der Waals surface area contributed by atoms with Crippen LogP contribution in [0.1, 0.15) is 22.5 Å². The average molecular weight is 387 g/mol. The van der Waals surface area contributed by atoms with Gasteiger partial charge in [0, 0.05) is 17.3 Å². The van der Waals surface area contributed by atoms with E-state index in [2.05, 4.69) is 4.98 Å². The molecule has 29 heavy (non-hydrogen) atoms. The van der Waals surface area contributed by atoms with E-state index >= 15 is 0 Å². The summed E-state index contributed by atoms with van der Waals surface area (Å²) in [5, 5.41) is 4.74. The summed E-state index contributed by atoms with van der Waals surface area (Å²) in [4.78, 5) is 31.1. The predicted octanol–water partition coefficient (Wildman–Crippen LogP) is 2.76. The quantitative estimate of drug-likeness (QED) is 0.583. The van der Waals surface area contributed by atoms with Gasteiger partial charge in [-0.3, -0.25) is 14.3 Å². The maximum atomic E-state index is 12.3. The molecule has 0 bridgehead atoms. The molecule has 0 atom stereocenters. The van der Waals surface area contributed by atoms with Gasteiger partial charge in [-0.05, 0) is 38.0 Å². The largest absolute Gasteiger partial charge is 0.328 e. The lowest BCUT2D eigenvalue weighted by Gasteiger charge is -2.11. The smallest absolute Gasteiger partial charge is 0.293 e. The summed E-state index contributed by atoms with van der Waals surface area (Å²) in [5.41, 5.74) is 3.55. The van der Waals surface area contributed by atoms with Crippen LogP contribution >= 0.6 is 0 Å². The van der Waals surface area contributed by atoms with E-state index in [0.29, 0.717) is 17.2 Å². The van der Waals surface area contributed by atoms with Crippen molar-refractivity contribution in [2.24, 2.45) is 0 Å². The van der Waals surface area contributed by atoms with Crippen LogP contribution in [-0.2, 0) is 6.54 Å². The molecular formula is C22H21N5O2. The highest BCUT2D eigenvalue weighted by Gasteiger charge is 2.16. The lowest BCUT2D eigenvalue weighted by Crippen LogP contribution is -2.31. The molecule has 0 aliphatic carbocycles. The van der Waals surface area contributed by atoms with Crippen LogP contribution in [0.5, 0.6) is 0 Å². The Hall–Kier alpha value is -3.74. The number of rotatable bonds is 4. The molecule has 0 aliphatic rings. The molecule has 4 aromatic rings. The van der Waals surface area contributed by atoms with Crippen LogP contribution in [-0.4, -0.2) is 24.3 Å². The first kappa shape index (κ1) is 18.6. The molecule has 0 saturated heterocycles. The fourth-order valence-corrected chi connectivity index (χ4v) is 3.19.